The molecule has 0 radical (unpaired) electrons. The van der Waals surface area contributed by atoms with Gasteiger partial charge in [-0.05, 0) is 48.4 Å². The molecule has 4 aromatic rings. The number of ether oxygens (including phenoxy) is 2. The zero-order valence-corrected chi connectivity index (χ0v) is 17.2. The second-order valence-electron chi connectivity index (χ2n) is 6.79. The zero-order valence-electron chi connectivity index (χ0n) is 17.2. The first-order valence-electron chi connectivity index (χ1n) is 10.1. The summed E-state index contributed by atoms with van der Waals surface area (Å²) in [4.78, 5) is 12.5. The fraction of sp³-hybridized carbons (Fsp3) is 0.120. The van der Waals surface area contributed by atoms with Crippen LogP contribution in [0.3, 0.4) is 0 Å². The maximum Gasteiger partial charge on any atom is 0.276 e. The predicted molar refractivity (Wildman–Crippen MR) is 120 cm³/mol. The van der Waals surface area contributed by atoms with Crippen LogP contribution in [0.25, 0.3) is 11.1 Å². The van der Waals surface area contributed by atoms with Crippen LogP contribution >= 0.6 is 0 Å². The van der Waals surface area contributed by atoms with Crippen molar-refractivity contribution >= 4 is 11.6 Å². The van der Waals surface area contributed by atoms with Gasteiger partial charge >= 0.3 is 0 Å². The van der Waals surface area contributed by atoms with Gasteiger partial charge in [0.2, 0.25) is 0 Å². The average molecular weight is 413 g/mol. The van der Waals surface area contributed by atoms with E-state index in [4.69, 9.17) is 9.47 Å². The quantitative estimate of drug-likeness (QED) is 0.429. The van der Waals surface area contributed by atoms with E-state index in [1.165, 1.54) is 0 Å². The molecule has 4 rings (SSSR count). The SMILES string of the molecule is CCOc1ccccc1NC(=O)c1ccn(COc2ccc(-c3ccccc3)cc2)n1. The number of hydrogen-bond acceptors (Lipinski definition) is 4. The Hall–Kier alpha value is -4.06. The Labute approximate surface area is 181 Å². The second-order valence-corrected chi connectivity index (χ2v) is 6.79. The summed E-state index contributed by atoms with van der Waals surface area (Å²) in [6, 6.07) is 27.0. The third-order valence-electron chi connectivity index (χ3n) is 4.63. The monoisotopic (exact) mass is 413 g/mol. The summed E-state index contributed by atoms with van der Waals surface area (Å²) in [6.45, 7) is 2.62. The largest absolute Gasteiger partial charge is 0.492 e. The summed E-state index contributed by atoms with van der Waals surface area (Å²) in [5, 5.41) is 7.14. The number of carbonyl (C=O) groups is 1. The van der Waals surface area contributed by atoms with E-state index < -0.39 is 0 Å². The first-order chi connectivity index (χ1) is 15.2. The number of aromatic nitrogens is 2. The minimum Gasteiger partial charge on any atom is -0.492 e. The van der Waals surface area contributed by atoms with Crippen molar-refractivity contribution in [2.45, 2.75) is 13.7 Å². The minimum absolute atomic E-state index is 0.202. The van der Waals surface area contributed by atoms with Crippen LogP contribution in [0.2, 0.25) is 0 Å². The van der Waals surface area contributed by atoms with Gasteiger partial charge in [-0.1, -0.05) is 54.6 Å². The van der Waals surface area contributed by atoms with E-state index in [1.807, 2.05) is 67.6 Å². The Morgan fingerprint density at radius 1 is 0.871 bits per heavy atom. The minimum atomic E-state index is -0.307. The third kappa shape index (κ3) is 5.11. The molecule has 0 aliphatic carbocycles. The normalized spacial score (nSPS) is 10.5. The van der Waals surface area contributed by atoms with Crippen LogP contribution in [0, 0.1) is 0 Å². The molecular weight excluding hydrogens is 390 g/mol. The molecule has 1 heterocycles. The molecule has 0 aliphatic rings. The van der Waals surface area contributed by atoms with E-state index in [0.29, 0.717) is 23.7 Å². The Kier molecular flexibility index (Phi) is 6.28. The van der Waals surface area contributed by atoms with E-state index in [9.17, 15) is 4.79 Å². The van der Waals surface area contributed by atoms with Crippen LogP contribution in [0.1, 0.15) is 17.4 Å². The molecule has 0 saturated carbocycles. The molecule has 0 fully saturated rings. The van der Waals surface area contributed by atoms with Gasteiger partial charge in [-0.2, -0.15) is 5.10 Å². The lowest BCUT2D eigenvalue weighted by Gasteiger charge is -2.10. The fourth-order valence-electron chi connectivity index (χ4n) is 3.11. The van der Waals surface area contributed by atoms with Gasteiger partial charge in [0.25, 0.3) is 5.91 Å². The Morgan fingerprint density at radius 2 is 1.58 bits per heavy atom. The maximum absolute atomic E-state index is 12.5. The van der Waals surface area contributed by atoms with Crippen molar-refractivity contribution in [1.82, 2.24) is 9.78 Å². The highest BCUT2D eigenvalue weighted by molar-refractivity contribution is 6.03. The van der Waals surface area contributed by atoms with Gasteiger partial charge in [0.1, 0.15) is 11.5 Å². The molecule has 1 amide bonds. The van der Waals surface area contributed by atoms with Crippen molar-refractivity contribution in [2.24, 2.45) is 0 Å². The standard InChI is InChI=1S/C25H23N3O3/c1-2-30-24-11-7-6-10-22(24)26-25(29)23-16-17-28(27-23)18-31-21-14-12-20(13-15-21)19-8-4-3-5-9-19/h3-17H,2,18H2,1H3,(H,26,29). The number of para-hydroxylation sites is 2. The maximum atomic E-state index is 12.5. The first kappa shape index (κ1) is 20.2. The number of hydrogen-bond donors (Lipinski definition) is 1. The van der Waals surface area contributed by atoms with E-state index in [0.717, 1.165) is 16.9 Å². The molecule has 3 aromatic carbocycles. The Balaban J connectivity index is 1.35. The Morgan fingerprint density at radius 3 is 2.35 bits per heavy atom. The van der Waals surface area contributed by atoms with E-state index >= 15 is 0 Å². The van der Waals surface area contributed by atoms with E-state index in [-0.39, 0.29) is 12.6 Å². The molecule has 0 unspecified atom stereocenters. The van der Waals surface area contributed by atoms with Crippen LogP contribution in [0.15, 0.2) is 91.1 Å². The van der Waals surface area contributed by atoms with Crippen LogP contribution < -0.4 is 14.8 Å². The number of benzene rings is 3. The van der Waals surface area contributed by atoms with Crippen LogP contribution in [0.5, 0.6) is 11.5 Å². The number of amides is 1. The van der Waals surface area contributed by atoms with Gasteiger partial charge in [-0.3, -0.25) is 4.79 Å². The molecule has 1 N–H and O–H groups in total. The fourth-order valence-corrected chi connectivity index (χ4v) is 3.11. The van der Waals surface area contributed by atoms with Crippen molar-refractivity contribution in [2.75, 3.05) is 11.9 Å². The summed E-state index contributed by atoms with van der Waals surface area (Å²) in [5.74, 6) is 1.05. The lowest BCUT2D eigenvalue weighted by atomic mass is 10.1. The van der Waals surface area contributed by atoms with Gasteiger partial charge in [0.15, 0.2) is 12.4 Å². The van der Waals surface area contributed by atoms with Gasteiger partial charge in [0.05, 0.1) is 12.3 Å². The van der Waals surface area contributed by atoms with Gasteiger partial charge in [-0.25, -0.2) is 4.68 Å². The van der Waals surface area contributed by atoms with Crippen LogP contribution in [0.4, 0.5) is 5.69 Å². The highest BCUT2D eigenvalue weighted by Crippen LogP contribution is 2.24. The van der Waals surface area contributed by atoms with Crippen molar-refractivity contribution in [3.63, 3.8) is 0 Å². The van der Waals surface area contributed by atoms with Crippen molar-refractivity contribution in [3.05, 3.63) is 96.8 Å². The average Bonchev–Trinajstić information content (AvgIpc) is 3.29. The molecule has 31 heavy (non-hydrogen) atoms. The third-order valence-corrected chi connectivity index (χ3v) is 4.63. The molecule has 6 nitrogen and oxygen atoms in total. The van der Waals surface area contributed by atoms with Crippen molar-refractivity contribution in [3.8, 4) is 22.6 Å². The molecule has 156 valence electrons. The number of rotatable bonds is 8. The number of carbonyl (C=O) groups excluding carboxylic acids is 1. The highest BCUT2D eigenvalue weighted by atomic mass is 16.5. The Bertz CT molecular complexity index is 1140. The molecule has 0 spiro atoms. The van der Waals surface area contributed by atoms with Crippen LogP contribution in [-0.4, -0.2) is 22.3 Å². The van der Waals surface area contributed by atoms with Crippen LogP contribution in [-0.2, 0) is 6.73 Å². The highest BCUT2D eigenvalue weighted by Gasteiger charge is 2.12. The number of anilines is 1. The summed E-state index contributed by atoms with van der Waals surface area (Å²) >= 11 is 0. The molecule has 0 atom stereocenters. The summed E-state index contributed by atoms with van der Waals surface area (Å²) in [5.41, 5.74) is 3.19. The van der Waals surface area contributed by atoms with Gasteiger partial charge < -0.3 is 14.8 Å². The smallest absolute Gasteiger partial charge is 0.276 e. The number of nitrogens with zero attached hydrogens (tertiary/aromatic N) is 2. The molecule has 0 saturated heterocycles. The van der Waals surface area contributed by atoms with Gasteiger partial charge in [-0.15, -0.1) is 0 Å². The predicted octanol–water partition coefficient (Wildman–Crippen LogP) is 5.24. The summed E-state index contributed by atoms with van der Waals surface area (Å²) < 4.78 is 12.9. The second kappa shape index (κ2) is 9.63. The van der Waals surface area contributed by atoms with Crippen molar-refractivity contribution in [1.29, 1.82) is 0 Å². The van der Waals surface area contributed by atoms with E-state index in [2.05, 4.69) is 22.5 Å². The van der Waals surface area contributed by atoms with Gasteiger partial charge in [0, 0.05) is 6.20 Å². The van der Waals surface area contributed by atoms with Crippen molar-refractivity contribution < 1.29 is 14.3 Å². The topological polar surface area (TPSA) is 65.4 Å². The molecular formula is C25H23N3O3. The first-order valence-corrected chi connectivity index (χ1v) is 10.1. The zero-order chi connectivity index (χ0) is 21.5. The molecule has 0 aliphatic heterocycles. The molecule has 0 bridgehead atoms. The number of nitrogens with one attached hydrogen (secondary N) is 1. The van der Waals surface area contributed by atoms with E-state index in [1.54, 1.807) is 23.0 Å². The summed E-state index contributed by atoms with van der Waals surface area (Å²) in [7, 11) is 0. The molecule has 1 aromatic heterocycles. The lowest BCUT2D eigenvalue weighted by Crippen LogP contribution is -2.15. The summed E-state index contributed by atoms with van der Waals surface area (Å²) in [6.07, 6.45) is 1.71. The molecule has 6 heteroatoms. The lowest BCUT2D eigenvalue weighted by molar-refractivity contribution is 0.101.